The predicted molar refractivity (Wildman–Crippen MR) is 54.6 cm³/mol. The van der Waals surface area contributed by atoms with Crippen molar-refractivity contribution >= 4 is 17.6 Å². The van der Waals surface area contributed by atoms with Crippen LogP contribution in [0.4, 0.5) is 4.39 Å². The van der Waals surface area contributed by atoms with E-state index in [4.69, 9.17) is 16.7 Å². The minimum atomic E-state index is -0.836. The fraction of sp³-hybridized carbons (Fsp3) is 0.364. The van der Waals surface area contributed by atoms with Crippen LogP contribution in [0.25, 0.3) is 0 Å². The molecular weight excluding hydrogens is 219 g/mol. The molecule has 1 aliphatic rings. The van der Waals surface area contributed by atoms with Crippen molar-refractivity contribution in [1.29, 1.82) is 0 Å². The fourth-order valence-electron chi connectivity index (χ4n) is 1.76. The lowest BCUT2D eigenvalue weighted by Crippen LogP contribution is -1.99. The first-order valence-electron chi connectivity index (χ1n) is 4.69. The van der Waals surface area contributed by atoms with Crippen molar-refractivity contribution in [3.05, 3.63) is 34.1 Å². The molecule has 15 heavy (non-hydrogen) atoms. The van der Waals surface area contributed by atoms with Crippen LogP contribution >= 0.6 is 11.6 Å². The van der Waals surface area contributed by atoms with Gasteiger partial charge in [-0.3, -0.25) is 4.79 Å². The number of halogens is 2. The molecule has 0 aromatic heterocycles. The Labute approximate surface area is 91.7 Å². The van der Waals surface area contributed by atoms with Gasteiger partial charge in [0.15, 0.2) is 0 Å². The number of aryl methyl sites for hydroxylation is 1. The van der Waals surface area contributed by atoms with Crippen molar-refractivity contribution in [1.82, 2.24) is 0 Å². The van der Waals surface area contributed by atoms with E-state index in [1.54, 1.807) is 13.0 Å². The Hall–Kier alpha value is -1.09. The second-order valence-electron chi connectivity index (χ2n) is 3.91. The van der Waals surface area contributed by atoms with Crippen molar-refractivity contribution in [3.8, 4) is 0 Å². The molecule has 0 heterocycles. The van der Waals surface area contributed by atoms with Gasteiger partial charge in [-0.05, 0) is 42.5 Å². The Morgan fingerprint density at radius 3 is 2.80 bits per heavy atom. The van der Waals surface area contributed by atoms with Crippen LogP contribution in [-0.2, 0) is 4.79 Å². The molecule has 2 unspecified atom stereocenters. The molecule has 1 N–H and O–H groups in total. The lowest BCUT2D eigenvalue weighted by atomic mass is 10.1. The predicted octanol–water partition coefficient (Wildman–Crippen LogP) is 2.98. The van der Waals surface area contributed by atoms with Crippen molar-refractivity contribution in [2.45, 2.75) is 19.3 Å². The fourth-order valence-corrected chi connectivity index (χ4v) is 2.12. The molecule has 1 aliphatic carbocycles. The second-order valence-corrected chi connectivity index (χ2v) is 4.32. The Kier molecular flexibility index (Phi) is 2.43. The number of rotatable bonds is 2. The van der Waals surface area contributed by atoms with E-state index < -0.39 is 11.9 Å². The molecule has 0 saturated heterocycles. The van der Waals surface area contributed by atoms with Gasteiger partial charge in [0.1, 0.15) is 5.82 Å². The second kappa shape index (κ2) is 3.49. The van der Waals surface area contributed by atoms with Gasteiger partial charge in [-0.1, -0.05) is 11.6 Å². The molecule has 2 nitrogen and oxygen atoms in total. The Morgan fingerprint density at radius 1 is 1.60 bits per heavy atom. The molecule has 1 saturated carbocycles. The zero-order chi connectivity index (χ0) is 11.2. The zero-order valence-electron chi connectivity index (χ0n) is 8.13. The largest absolute Gasteiger partial charge is 0.481 e. The highest BCUT2D eigenvalue weighted by atomic mass is 35.5. The minimum absolute atomic E-state index is 0.120. The summed E-state index contributed by atoms with van der Waals surface area (Å²) >= 11 is 5.95. The van der Waals surface area contributed by atoms with Crippen molar-refractivity contribution in [3.63, 3.8) is 0 Å². The van der Waals surface area contributed by atoms with E-state index in [0.717, 1.165) is 0 Å². The maximum absolute atomic E-state index is 13.3. The lowest BCUT2D eigenvalue weighted by Gasteiger charge is -2.05. The summed E-state index contributed by atoms with van der Waals surface area (Å²) in [6, 6.07) is 2.90. The van der Waals surface area contributed by atoms with Crippen LogP contribution in [-0.4, -0.2) is 11.1 Å². The van der Waals surface area contributed by atoms with Gasteiger partial charge in [-0.25, -0.2) is 4.39 Å². The van der Waals surface area contributed by atoms with Crippen LogP contribution in [0.15, 0.2) is 12.1 Å². The monoisotopic (exact) mass is 228 g/mol. The topological polar surface area (TPSA) is 37.3 Å². The highest BCUT2D eigenvalue weighted by Gasteiger charge is 2.45. The number of hydrogen-bond donors (Lipinski definition) is 1. The molecule has 0 amide bonds. The lowest BCUT2D eigenvalue weighted by molar-refractivity contribution is -0.138. The van der Waals surface area contributed by atoms with Gasteiger partial charge in [0.2, 0.25) is 0 Å². The minimum Gasteiger partial charge on any atom is -0.481 e. The summed E-state index contributed by atoms with van der Waals surface area (Å²) in [5.74, 6) is -1.68. The van der Waals surface area contributed by atoms with Crippen molar-refractivity contribution in [2.24, 2.45) is 5.92 Å². The Balaban J connectivity index is 2.31. The normalized spacial score (nSPS) is 23.9. The van der Waals surface area contributed by atoms with E-state index in [1.165, 1.54) is 6.07 Å². The van der Waals surface area contributed by atoms with Crippen LogP contribution in [0.5, 0.6) is 0 Å². The molecule has 1 fully saturated rings. The summed E-state index contributed by atoms with van der Waals surface area (Å²) in [7, 11) is 0. The molecule has 80 valence electrons. The molecule has 0 bridgehead atoms. The van der Waals surface area contributed by atoms with Gasteiger partial charge < -0.3 is 5.11 Å². The van der Waals surface area contributed by atoms with Crippen LogP contribution in [0.2, 0.25) is 5.02 Å². The number of carboxylic acids is 1. The average Bonchev–Trinajstić information content (AvgIpc) is 2.90. The van der Waals surface area contributed by atoms with Gasteiger partial charge in [0.25, 0.3) is 0 Å². The molecule has 2 rings (SSSR count). The number of carbonyl (C=O) groups is 1. The van der Waals surface area contributed by atoms with Crippen molar-refractivity contribution < 1.29 is 14.3 Å². The third-order valence-corrected chi connectivity index (χ3v) is 3.11. The van der Waals surface area contributed by atoms with Gasteiger partial charge in [0.05, 0.1) is 5.92 Å². The first kappa shape index (κ1) is 10.4. The average molecular weight is 229 g/mol. The molecule has 1 aromatic rings. The maximum Gasteiger partial charge on any atom is 0.307 e. The van der Waals surface area contributed by atoms with E-state index in [2.05, 4.69) is 0 Å². The Morgan fingerprint density at radius 2 is 2.27 bits per heavy atom. The summed E-state index contributed by atoms with van der Waals surface area (Å²) in [5.41, 5.74) is 1.10. The van der Waals surface area contributed by atoms with Crippen LogP contribution in [0.3, 0.4) is 0 Å². The van der Waals surface area contributed by atoms with E-state index in [9.17, 15) is 9.18 Å². The highest BCUT2D eigenvalue weighted by Crippen LogP contribution is 2.49. The summed E-state index contributed by atoms with van der Waals surface area (Å²) < 4.78 is 13.3. The first-order valence-corrected chi connectivity index (χ1v) is 5.07. The summed E-state index contributed by atoms with van der Waals surface area (Å²) in [6.07, 6.45) is 0.553. The summed E-state index contributed by atoms with van der Waals surface area (Å²) in [5, 5.41) is 9.22. The Bertz CT molecular complexity index is 431. The van der Waals surface area contributed by atoms with E-state index >= 15 is 0 Å². The molecule has 0 radical (unpaired) electrons. The smallest absolute Gasteiger partial charge is 0.307 e. The van der Waals surface area contributed by atoms with Gasteiger partial charge in [-0.15, -0.1) is 0 Å². The number of aliphatic carboxylic acids is 1. The van der Waals surface area contributed by atoms with Gasteiger partial charge >= 0.3 is 5.97 Å². The van der Waals surface area contributed by atoms with Gasteiger partial charge in [0, 0.05) is 5.02 Å². The zero-order valence-corrected chi connectivity index (χ0v) is 8.88. The summed E-state index contributed by atoms with van der Waals surface area (Å²) in [4.78, 5) is 10.7. The van der Waals surface area contributed by atoms with E-state index in [0.29, 0.717) is 22.6 Å². The summed E-state index contributed by atoms with van der Waals surface area (Å²) in [6.45, 7) is 1.63. The van der Waals surface area contributed by atoms with Crippen LogP contribution < -0.4 is 0 Å². The number of benzene rings is 1. The first-order chi connectivity index (χ1) is 7.00. The van der Waals surface area contributed by atoms with Gasteiger partial charge in [-0.2, -0.15) is 0 Å². The molecule has 2 atom stereocenters. The SMILES string of the molecule is Cc1cc(Cl)c(C2CC2C(=O)O)cc1F. The molecule has 0 aliphatic heterocycles. The number of carboxylic acid groups (broad SMARTS) is 1. The third kappa shape index (κ3) is 1.84. The molecule has 0 spiro atoms. The van der Waals surface area contributed by atoms with Crippen molar-refractivity contribution in [2.75, 3.05) is 0 Å². The number of hydrogen-bond acceptors (Lipinski definition) is 1. The van der Waals surface area contributed by atoms with E-state index in [-0.39, 0.29) is 11.7 Å². The third-order valence-electron chi connectivity index (χ3n) is 2.79. The molecule has 4 heteroatoms. The standard InChI is InChI=1S/C11H10ClFO2/c1-5-2-9(12)7(4-10(5)13)6-3-8(6)11(14)15/h2,4,6,8H,3H2,1H3,(H,14,15). The quantitative estimate of drug-likeness (QED) is 0.845. The molecule has 1 aromatic carbocycles. The highest BCUT2D eigenvalue weighted by molar-refractivity contribution is 6.31. The molecular formula is C11H10ClFO2. The van der Waals surface area contributed by atoms with E-state index in [1.807, 2.05) is 0 Å². The maximum atomic E-state index is 13.3. The van der Waals surface area contributed by atoms with Crippen LogP contribution in [0.1, 0.15) is 23.5 Å². The van der Waals surface area contributed by atoms with Crippen LogP contribution in [0, 0.1) is 18.7 Å².